The number of fused-ring (bicyclic) bond motifs is 9. The van der Waals surface area contributed by atoms with Crippen LogP contribution >= 0.6 is 0 Å². The summed E-state index contributed by atoms with van der Waals surface area (Å²) in [6.45, 7) is 0. The first-order valence-electron chi connectivity index (χ1n) is 22.1. The summed E-state index contributed by atoms with van der Waals surface area (Å²) < 4.78 is 7.43. The monoisotopic (exact) mass is 831 g/mol. The highest BCUT2D eigenvalue weighted by Crippen LogP contribution is 2.38. The van der Waals surface area contributed by atoms with Crippen molar-refractivity contribution in [1.29, 1.82) is 0 Å². The number of nitrogens with zero attached hydrogens (tertiary/aromatic N) is 3. The zero-order chi connectivity index (χ0) is 42.2. The Balaban J connectivity index is 1.16. The minimum Gasteiger partial charge on any atom is -0.309 e. The van der Waals surface area contributed by atoms with E-state index in [1.807, 2.05) is 0 Å². The molecule has 0 amide bonds. The van der Waals surface area contributed by atoms with Gasteiger partial charge >= 0.3 is 0 Å². The van der Waals surface area contributed by atoms with Crippen LogP contribution in [0.3, 0.4) is 0 Å². The summed E-state index contributed by atoms with van der Waals surface area (Å²) in [5, 5.41) is 12.8. The van der Waals surface area contributed by atoms with Crippen molar-refractivity contribution in [3.8, 4) is 17.1 Å². The molecule has 4 heteroatoms. The van der Waals surface area contributed by atoms with E-state index >= 15 is 0 Å². The van der Waals surface area contributed by atoms with E-state index in [-0.39, 0.29) is 0 Å². The summed E-state index contributed by atoms with van der Waals surface area (Å²) in [6.07, 6.45) is 0. The molecule has 3 heterocycles. The molecule has 0 unspecified atom stereocenters. The number of rotatable bonds is 7. The normalized spacial score (nSPS) is 12.1. The molecule has 0 spiro atoms. The SMILES string of the molecule is c1ccc([Si](c2ccccc2)(c2ccccc2)c2cc(-n3c4ccccc4c4ccccc43)cc(-n3c4ccccc4c4cc(-n5c6ccccc6c6ccccc65)ccc43)c2)cc1. The largest absolute Gasteiger partial charge is 0.309 e. The Labute approximate surface area is 372 Å². The van der Waals surface area contributed by atoms with Crippen LogP contribution in [0.25, 0.3) is 82.5 Å². The van der Waals surface area contributed by atoms with Gasteiger partial charge in [0.15, 0.2) is 8.07 Å². The van der Waals surface area contributed by atoms with Crippen LogP contribution in [0.15, 0.2) is 249 Å². The molecule has 0 saturated heterocycles. The second-order valence-corrected chi connectivity index (χ2v) is 20.7. The third-order valence-electron chi connectivity index (χ3n) is 13.5. The van der Waals surface area contributed by atoms with Gasteiger partial charge in [-0.15, -0.1) is 0 Å². The number of hydrogen-bond donors (Lipinski definition) is 0. The Kier molecular flexibility index (Phi) is 8.23. The van der Waals surface area contributed by atoms with Crippen LogP contribution < -0.4 is 20.7 Å². The Morgan fingerprint density at radius 3 is 0.875 bits per heavy atom. The van der Waals surface area contributed by atoms with Crippen molar-refractivity contribution >= 4 is 94.2 Å². The summed E-state index contributed by atoms with van der Waals surface area (Å²) in [5.74, 6) is 0. The van der Waals surface area contributed by atoms with Gasteiger partial charge < -0.3 is 13.7 Å². The van der Waals surface area contributed by atoms with Crippen molar-refractivity contribution in [1.82, 2.24) is 13.7 Å². The maximum absolute atomic E-state index is 2.99. The Bertz CT molecular complexity index is 3690. The molecule has 10 aromatic carbocycles. The van der Waals surface area contributed by atoms with E-state index < -0.39 is 8.07 Å². The van der Waals surface area contributed by atoms with Gasteiger partial charge in [-0.3, -0.25) is 0 Å². The van der Waals surface area contributed by atoms with E-state index in [0.29, 0.717) is 0 Å². The summed E-state index contributed by atoms with van der Waals surface area (Å²) >= 11 is 0. The van der Waals surface area contributed by atoms with Crippen LogP contribution in [0.1, 0.15) is 0 Å². The number of hydrogen-bond acceptors (Lipinski definition) is 0. The summed E-state index contributed by atoms with van der Waals surface area (Å²) in [4.78, 5) is 0. The maximum Gasteiger partial charge on any atom is 0.179 e. The average Bonchev–Trinajstić information content (AvgIpc) is 4.01. The molecule has 0 bridgehead atoms. The first-order chi connectivity index (χ1) is 31.8. The van der Waals surface area contributed by atoms with Crippen molar-refractivity contribution in [3.63, 3.8) is 0 Å². The fourth-order valence-electron chi connectivity index (χ4n) is 10.9. The van der Waals surface area contributed by atoms with Crippen molar-refractivity contribution in [2.24, 2.45) is 0 Å². The fraction of sp³-hybridized carbons (Fsp3) is 0. The predicted molar refractivity (Wildman–Crippen MR) is 273 cm³/mol. The van der Waals surface area contributed by atoms with E-state index in [4.69, 9.17) is 0 Å². The number of aromatic nitrogens is 3. The minimum absolute atomic E-state index is 1.13. The first-order valence-corrected chi connectivity index (χ1v) is 24.1. The molecule has 13 rings (SSSR count). The molecule has 0 aliphatic carbocycles. The zero-order valence-corrected chi connectivity index (χ0v) is 36.0. The molecule has 64 heavy (non-hydrogen) atoms. The van der Waals surface area contributed by atoms with Crippen LogP contribution in [0, 0.1) is 0 Å². The number of benzene rings is 10. The van der Waals surface area contributed by atoms with Gasteiger partial charge in [-0.25, -0.2) is 0 Å². The molecule has 0 radical (unpaired) electrons. The molecule has 0 aliphatic rings. The maximum atomic E-state index is 2.52. The van der Waals surface area contributed by atoms with Gasteiger partial charge in [-0.1, -0.05) is 182 Å². The molecule has 0 aliphatic heterocycles. The minimum atomic E-state index is -2.99. The van der Waals surface area contributed by atoms with Crippen molar-refractivity contribution in [2.45, 2.75) is 0 Å². The quantitative estimate of drug-likeness (QED) is 0.112. The van der Waals surface area contributed by atoms with Gasteiger partial charge in [-0.05, 0) is 87.5 Å². The molecule has 13 aromatic rings. The second-order valence-electron chi connectivity index (χ2n) is 16.9. The van der Waals surface area contributed by atoms with Gasteiger partial charge in [0.1, 0.15) is 0 Å². The lowest BCUT2D eigenvalue weighted by atomic mass is 10.1. The van der Waals surface area contributed by atoms with Gasteiger partial charge in [0, 0.05) is 49.4 Å². The Morgan fingerprint density at radius 2 is 0.500 bits per heavy atom. The average molecular weight is 832 g/mol. The molecule has 0 atom stereocenters. The van der Waals surface area contributed by atoms with Crippen LogP contribution in [0.5, 0.6) is 0 Å². The molecule has 0 saturated carbocycles. The molecule has 300 valence electrons. The van der Waals surface area contributed by atoms with Crippen LogP contribution in [-0.4, -0.2) is 21.8 Å². The standard InChI is InChI=1S/C60H41N3Si/c1-4-20-45(21-5-1)64(46-22-6-2-7-23-46,47-24-8-3-9-25-47)48-39-43(62-57-33-17-12-28-51(57)52-29-13-18-34-58(52)62)38-44(40-48)63-59-35-19-14-30-53(59)54-41-42(36-37-60(54)63)61-55-31-15-10-26-49(55)50-27-11-16-32-56(50)61/h1-41H. The smallest absolute Gasteiger partial charge is 0.179 e. The zero-order valence-electron chi connectivity index (χ0n) is 35.0. The van der Waals surface area contributed by atoms with E-state index in [1.54, 1.807) is 0 Å². The van der Waals surface area contributed by atoms with Gasteiger partial charge in [-0.2, -0.15) is 0 Å². The van der Waals surface area contributed by atoms with Gasteiger partial charge in [0.05, 0.1) is 33.1 Å². The van der Waals surface area contributed by atoms with E-state index in [1.165, 1.54) is 86.2 Å². The second kappa shape index (κ2) is 14.5. The fourth-order valence-corrected chi connectivity index (χ4v) is 15.7. The summed E-state index contributed by atoms with van der Waals surface area (Å²) in [6, 6.07) is 92.5. The Hall–Kier alpha value is -8.18. The van der Waals surface area contributed by atoms with Crippen molar-refractivity contribution in [2.75, 3.05) is 0 Å². The highest BCUT2D eigenvalue weighted by atomic mass is 28.3. The van der Waals surface area contributed by atoms with E-state index in [0.717, 1.165) is 17.1 Å². The molecule has 0 N–H and O–H groups in total. The van der Waals surface area contributed by atoms with Gasteiger partial charge in [0.25, 0.3) is 0 Å². The van der Waals surface area contributed by atoms with Crippen molar-refractivity contribution in [3.05, 3.63) is 249 Å². The third-order valence-corrected chi connectivity index (χ3v) is 18.3. The molecular formula is C60H41N3Si. The molecule has 3 aromatic heterocycles. The molecule has 0 fully saturated rings. The molecular weight excluding hydrogens is 791 g/mol. The lowest BCUT2D eigenvalue weighted by molar-refractivity contribution is 1.13. The lowest BCUT2D eigenvalue weighted by Gasteiger charge is -2.35. The van der Waals surface area contributed by atoms with Gasteiger partial charge in [0.2, 0.25) is 0 Å². The highest BCUT2D eigenvalue weighted by molar-refractivity contribution is 7.20. The Morgan fingerprint density at radius 1 is 0.203 bits per heavy atom. The highest BCUT2D eigenvalue weighted by Gasteiger charge is 2.42. The first kappa shape index (κ1) is 36.5. The third kappa shape index (κ3) is 5.33. The predicted octanol–water partition coefficient (Wildman–Crippen LogP) is 12.4. The van der Waals surface area contributed by atoms with Crippen LogP contribution in [-0.2, 0) is 0 Å². The molecule has 3 nitrogen and oxygen atoms in total. The van der Waals surface area contributed by atoms with E-state index in [9.17, 15) is 0 Å². The number of para-hydroxylation sites is 5. The summed E-state index contributed by atoms with van der Waals surface area (Å²) in [5.41, 5.74) is 10.6. The lowest BCUT2D eigenvalue weighted by Crippen LogP contribution is -2.74. The van der Waals surface area contributed by atoms with Crippen LogP contribution in [0.4, 0.5) is 0 Å². The summed E-state index contributed by atoms with van der Waals surface area (Å²) in [7, 11) is -2.99. The topological polar surface area (TPSA) is 14.8 Å². The van der Waals surface area contributed by atoms with E-state index in [2.05, 4.69) is 262 Å². The van der Waals surface area contributed by atoms with Crippen LogP contribution in [0.2, 0.25) is 0 Å². The van der Waals surface area contributed by atoms with Crippen molar-refractivity contribution < 1.29 is 0 Å².